The molecule has 1 aliphatic heterocycles. The van der Waals surface area contributed by atoms with Gasteiger partial charge in [0.1, 0.15) is 0 Å². The van der Waals surface area contributed by atoms with E-state index in [1.807, 2.05) is 0 Å². The molecule has 16 heavy (non-hydrogen) atoms. The van der Waals surface area contributed by atoms with E-state index in [1.165, 1.54) is 38.2 Å². The Bertz CT molecular complexity index is 291. The van der Waals surface area contributed by atoms with Crippen LogP contribution in [0.15, 0.2) is 30.3 Å². The van der Waals surface area contributed by atoms with Gasteiger partial charge in [-0.3, -0.25) is 0 Å². The van der Waals surface area contributed by atoms with Crippen LogP contribution in [0.3, 0.4) is 0 Å². The predicted molar refractivity (Wildman–Crippen MR) is 68.6 cm³/mol. The van der Waals surface area contributed by atoms with E-state index in [9.17, 15) is 0 Å². The maximum absolute atomic E-state index is 3.42. The fourth-order valence-corrected chi connectivity index (χ4v) is 2.37. The number of nitrogens with zero attached hydrogens (tertiary/aromatic N) is 1. The summed E-state index contributed by atoms with van der Waals surface area (Å²) in [5, 5.41) is 3.42. The standard InChI is InChI=1S/C14H22N2/c1-16(12-14-7-9-15-11-14)10-8-13-5-3-2-4-6-13/h2-6,14-15H,7-12H2,1H3. The normalized spacial score (nSPS) is 20.5. The van der Waals surface area contributed by atoms with E-state index >= 15 is 0 Å². The first-order chi connectivity index (χ1) is 7.84. The second kappa shape index (κ2) is 6.02. The Morgan fingerprint density at radius 2 is 2.12 bits per heavy atom. The van der Waals surface area contributed by atoms with E-state index in [1.54, 1.807) is 0 Å². The summed E-state index contributed by atoms with van der Waals surface area (Å²) in [7, 11) is 2.24. The molecule has 2 rings (SSSR count). The third kappa shape index (κ3) is 3.62. The summed E-state index contributed by atoms with van der Waals surface area (Å²) in [6.07, 6.45) is 2.51. The maximum Gasteiger partial charge on any atom is 0.00193 e. The van der Waals surface area contributed by atoms with Gasteiger partial charge in [0.05, 0.1) is 0 Å². The molecule has 1 aliphatic rings. The lowest BCUT2D eigenvalue weighted by molar-refractivity contribution is 0.288. The van der Waals surface area contributed by atoms with Crippen molar-refractivity contribution in [3.8, 4) is 0 Å². The summed E-state index contributed by atoms with van der Waals surface area (Å²) in [4.78, 5) is 2.46. The number of rotatable bonds is 5. The quantitative estimate of drug-likeness (QED) is 0.810. The van der Waals surface area contributed by atoms with Gasteiger partial charge in [-0.05, 0) is 44.5 Å². The van der Waals surface area contributed by atoms with Gasteiger partial charge in [-0.1, -0.05) is 30.3 Å². The lowest BCUT2D eigenvalue weighted by atomic mass is 10.1. The summed E-state index contributed by atoms with van der Waals surface area (Å²) < 4.78 is 0. The first-order valence-corrected chi connectivity index (χ1v) is 6.28. The number of nitrogens with one attached hydrogen (secondary N) is 1. The molecule has 88 valence electrons. The van der Waals surface area contributed by atoms with Gasteiger partial charge in [0.2, 0.25) is 0 Å². The topological polar surface area (TPSA) is 15.3 Å². The molecule has 0 amide bonds. The molecule has 1 unspecified atom stereocenters. The average molecular weight is 218 g/mol. The number of hydrogen-bond acceptors (Lipinski definition) is 2. The van der Waals surface area contributed by atoms with Crippen molar-refractivity contribution in [1.29, 1.82) is 0 Å². The molecular weight excluding hydrogens is 196 g/mol. The average Bonchev–Trinajstić information content (AvgIpc) is 2.81. The molecule has 2 nitrogen and oxygen atoms in total. The lowest BCUT2D eigenvalue weighted by Crippen LogP contribution is -2.28. The summed E-state index contributed by atoms with van der Waals surface area (Å²) in [5.41, 5.74) is 1.44. The van der Waals surface area contributed by atoms with Crippen molar-refractivity contribution in [2.24, 2.45) is 5.92 Å². The van der Waals surface area contributed by atoms with Gasteiger partial charge in [-0.2, -0.15) is 0 Å². The first kappa shape index (κ1) is 11.6. The molecular formula is C14H22N2. The molecule has 1 N–H and O–H groups in total. The van der Waals surface area contributed by atoms with Crippen LogP contribution >= 0.6 is 0 Å². The van der Waals surface area contributed by atoms with Crippen molar-refractivity contribution in [2.75, 3.05) is 33.2 Å². The highest BCUT2D eigenvalue weighted by molar-refractivity contribution is 5.14. The van der Waals surface area contributed by atoms with Gasteiger partial charge in [0, 0.05) is 13.1 Å². The third-order valence-corrected chi connectivity index (χ3v) is 3.36. The molecule has 2 heteroatoms. The van der Waals surface area contributed by atoms with Gasteiger partial charge in [-0.15, -0.1) is 0 Å². The Morgan fingerprint density at radius 3 is 2.81 bits per heavy atom. The highest BCUT2D eigenvalue weighted by atomic mass is 15.1. The monoisotopic (exact) mass is 218 g/mol. The zero-order chi connectivity index (χ0) is 11.2. The van der Waals surface area contributed by atoms with E-state index in [4.69, 9.17) is 0 Å². The van der Waals surface area contributed by atoms with Crippen LogP contribution in [0.4, 0.5) is 0 Å². The van der Waals surface area contributed by atoms with E-state index < -0.39 is 0 Å². The summed E-state index contributed by atoms with van der Waals surface area (Å²) in [6.45, 7) is 4.81. The van der Waals surface area contributed by atoms with Crippen LogP contribution in [0.1, 0.15) is 12.0 Å². The first-order valence-electron chi connectivity index (χ1n) is 6.28. The largest absolute Gasteiger partial charge is 0.316 e. The molecule has 1 heterocycles. The van der Waals surface area contributed by atoms with Crippen LogP contribution in [0, 0.1) is 5.92 Å². The van der Waals surface area contributed by atoms with E-state index in [-0.39, 0.29) is 0 Å². The van der Waals surface area contributed by atoms with Gasteiger partial charge in [0.15, 0.2) is 0 Å². The van der Waals surface area contributed by atoms with Crippen LogP contribution < -0.4 is 5.32 Å². The zero-order valence-corrected chi connectivity index (χ0v) is 10.2. The van der Waals surface area contributed by atoms with Gasteiger partial charge >= 0.3 is 0 Å². The smallest absolute Gasteiger partial charge is 0.00193 e. The minimum atomic E-state index is 0.862. The fraction of sp³-hybridized carbons (Fsp3) is 0.571. The van der Waals surface area contributed by atoms with Crippen molar-refractivity contribution in [3.05, 3.63) is 35.9 Å². The summed E-state index contributed by atoms with van der Waals surface area (Å²) in [6, 6.07) is 10.7. The number of hydrogen-bond donors (Lipinski definition) is 1. The van der Waals surface area contributed by atoms with Crippen LogP contribution in [-0.2, 0) is 6.42 Å². The van der Waals surface area contributed by atoms with Crippen molar-refractivity contribution in [1.82, 2.24) is 10.2 Å². The van der Waals surface area contributed by atoms with Crippen LogP contribution in [0.5, 0.6) is 0 Å². The highest BCUT2D eigenvalue weighted by Gasteiger charge is 2.15. The molecule has 1 aromatic rings. The minimum absolute atomic E-state index is 0.862. The Hall–Kier alpha value is -0.860. The van der Waals surface area contributed by atoms with Gasteiger partial charge < -0.3 is 10.2 Å². The predicted octanol–water partition coefficient (Wildman–Crippen LogP) is 1.77. The molecule has 0 radical (unpaired) electrons. The Balaban J connectivity index is 1.69. The molecule has 0 aliphatic carbocycles. The molecule has 1 fully saturated rings. The third-order valence-electron chi connectivity index (χ3n) is 3.36. The highest BCUT2D eigenvalue weighted by Crippen LogP contribution is 2.09. The number of benzene rings is 1. The number of likely N-dealkylation sites (N-methyl/N-ethyl adjacent to an activating group) is 1. The minimum Gasteiger partial charge on any atom is -0.316 e. The SMILES string of the molecule is CN(CCc1ccccc1)CC1CCNC1. The maximum atomic E-state index is 3.42. The van der Waals surface area contributed by atoms with Crippen LogP contribution in [-0.4, -0.2) is 38.1 Å². The van der Waals surface area contributed by atoms with Crippen molar-refractivity contribution >= 4 is 0 Å². The summed E-state index contributed by atoms with van der Waals surface area (Å²) >= 11 is 0. The van der Waals surface area contributed by atoms with Gasteiger partial charge in [-0.25, -0.2) is 0 Å². The Kier molecular flexibility index (Phi) is 4.37. The van der Waals surface area contributed by atoms with Gasteiger partial charge in [0.25, 0.3) is 0 Å². The van der Waals surface area contributed by atoms with Crippen molar-refractivity contribution < 1.29 is 0 Å². The van der Waals surface area contributed by atoms with Crippen LogP contribution in [0.2, 0.25) is 0 Å². The molecule has 1 saturated heterocycles. The molecule has 1 aromatic carbocycles. The fourth-order valence-electron chi connectivity index (χ4n) is 2.37. The molecule has 0 aromatic heterocycles. The Labute approximate surface area is 98.7 Å². The summed E-state index contributed by atoms with van der Waals surface area (Å²) in [5.74, 6) is 0.862. The van der Waals surface area contributed by atoms with Crippen molar-refractivity contribution in [2.45, 2.75) is 12.8 Å². The Morgan fingerprint density at radius 1 is 1.31 bits per heavy atom. The molecule has 1 atom stereocenters. The van der Waals surface area contributed by atoms with Crippen LogP contribution in [0.25, 0.3) is 0 Å². The van der Waals surface area contributed by atoms with E-state index in [0.717, 1.165) is 12.3 Å². The molecule has 0 bridgehead atoms. The second-order valence-electron chi connectivity index (χ2n) is 4.86. The zero-order valence-electron chi connectivity index (χ0n) is 10.2. The second-order valence-corrected chi connectivity index (χ2v) is 4.86. The van der Waals surface area contributed by atoms with Crippen molar-refractivity contribution in [3.63, 3.8) is 0 Å². The molecule has 0 saturated carbocycles. The van der Waals surface area contributed by atoms with E-state index in [0.29, 0.717) is 0 Å². The lowest BCUT2D eigenvalue weighted by Gasteiger charge is -2.20. The van der Waals surface area contributed by atoms with E-state index in [2.05, 4.69) is 47.6 Å². The molecule has 0 spiro atoms.